The Balaban J connectivity index is 3.35. The molecule has 1 rings (SSSR count). The van der Waals surface area contributed by atoms with Crippen LogP contribution in [-0.4, -0.2) is 18.9 Å². The van der Waals surface area contributed by atoms with E-state index in [9.17, 15) is 9.59 Å². The first-order valence-electron chi connectivity index (χ1n) is 4.90. The average Bonchev–Trinajstić information content (AvgIpc) is 2.26. The second-order valence-corrected chi connectivity index (χ2v) is 4.53. The predicted octanol–water partition coefficient (Wildman–Crippen LogP) is 3.07. The van der Waals surface area contributed by atoms with Gasteiger partial charge in [0, 0.05) is 16.0 Å². The second kappa shape index (κ2) is 5.25. The molecule has 0 N–H and O–H groups in total. The number of hydrogen-bond donors (Lipinski definition) is 0. The van der Waals surface area contributed by atoms with Crippen molar-refractivity contribution in [3.63, 3.8) is 0 Å². The summed E-state index contributed by atoms with van der Waals surface area (Å²) in [5.74, 6) is -0.736. The Morgan fingerprint density at radius 1 is 1.31 bits per heavy atom. The van der Waals surface area contributed by atoms with Gasteiger partial charge in [0.2, 0.25) is 0 Å². The first-order chi connectivity index (χ1) is 7.49. The Bertz CT molecular complexity index is 424. The quantitative estimate of drug-likeness (QED) is 0.633. The van der Waals surface area contributed by atoms with Crippen molar-refractivity contribution in [1.29, 1.82) is 0 Å². The molecule has 0 amide bonds. The summed E-state index contributed by atoms with van der Waals surface area (Å²) in [5, 5.41) is 0. The molecule has 0 fully saturated rings. The number of ether oxygens (including phenoxy) is 1. The second-order valence-electron chi connectivity index (χ2n) is 3.67. The molecular weight excluding hydrogens is 272 g/mol. The molecule has 0 atom stereocenters. The smallest absolute Gasteiger partial charge is 0.338 e. The van der Waals surface area contributed by atoms with E-state index in [1.54, 1.807) is 32.0 Å². The number of esters is 1. The zero-order valence-corrected chi connectivity index (χ0v) is 11.0. The Hall–Kier alpha value is -1.16. The molecule has 0 radical (unpaired) electrons. The molecule has 0 saturated carbocycles. The molecule has 0 aliphatic carbocycles. The van der Waals surface area contributed by atoms with Crippen LogP contribution in [0.2, 0.25) is 0 Å². The Kier molecular flexibility index (Phi) is 4.24. The molecule has 4 heteroatoms. The summed E-state index contributed by atoms with van der Waals surface area (Å²) in [6.45, 7) is 3.59. The van der Waals surface area contributed by atoms with Crippen molar-refractivity contribution in [2.24, 2.45) is 5.92 Å². The lowest BCUT2D eigenvalue weighted by Crippen LogP contribution is -2.15. The monoisotopic (exact) mass is 284 g/mol. The standard InChI is InChI=1S/C12H13BrO3/c1-7(2)11(14)10-8(12(15)16-3)5-4-6-9(10)13/h4-7H,1-3H3. The van der Waals surface area contributed by atoms with E-state index in [1.165, 1.54) is 7.11 Å². The molecule has 1 aromatic carbocycles. The summed E-state index contributed by atoms with van der Waals surface area (Å²) >= 11 is 3.28. The zero-order valence-electron chi connectivity index (χ0n) is 9.41. The maximum Gasteiger partial charge on any atom is 0.338 e. The van der Waals surface area contributed by atoms with Crippen LogP contribution in [0.1, 0.15) is 34.6 Å². The van der Waals surface area contributed by atoms with Crippen LogP contribution in [0.4, 0.5) is 0 Å². The van der Waals surface area contributed by atoms with E-state index in [0.717, 1.165) is 0 Å². The highest BCUT2D eigenvalue weighted by atomic mass is 79.9. The molecule has 0 saturated heterocycles. The molecule has 0 heterocycles. The predicted molar refractivity (Wildman–Crippen MR) is 64.7 cm³/mol. The van der Waals surface area contributed by atoms with Crippen molar-refractivity contribution in [1.82, 2.24) is 0 Å². The number of ketones is 1. The zero-order chi connectivity index (χ0) is 12.3. The Morgan fingerprint density at radius 3 is 2.44 bits per heavy atom. The minimum Gasteiger partial charge on any atom is -0.465 e. The first-order valence-corrected chi connectivity index (χ1v) is 5.69. The third-order valence-corrected chi connectivity index (χ3v) is 2.85. The van der Waals surface area contributed by atoms with Gasteiger partial charge in [-0.05, 0) is 12.1 Å². The van der Waals surface area contributed by atoms with E-state index < -0.39 is 5.97 Å². The summed E-state index contributed by atoms with van der Waals surface area (Å²) < 4.78 is 5.27. The van der Waals surface area contributed by atoms with E-state index in [-0.39, 0.29) is 11.7 Å². The fraction of sp³-hybridized carbons (Fsp3) is 0.333. The molecule has 3 nitrogen and oxygen atoms in total. The average molecular weight is 285 g/mol. The molecule has 0 spiro atoms. The molecule has 86 valence electrons. The highest BCUT2D eigenvalue weighted by Gasteiger charge is 2.22. The molecule has 1 aromatic rings. The van der Waals surface area contributed by atoms with Crippen LogP contribution < -0.4 is 0 Å². The summed E-state index contributed by atoms with van der Waals surface area (Å²) in [6.07, 6.45) is 0. The normalized spacial score (nSPS) is 10.3. The number of halogens is 1. The lowest BCUT2D eigenvalue weighted by molar-refractivity contribution is 0.0596. The molecule has 0 aromatic heterocycles. The maximum atomic E-state index is 12.0. The van der Waals surface area contributed by atoms with Gasteiger partial charge in [-0.2, -0.15) is 0 Å². The first kappa shape index (κ1) is 12.9. The van der Waals surface area contributed by atoms with E-state index >= 15 is 0 Å². The Morgan fingerprint density at radius 2 is 1.94 bits per heavy atom. The van der Waals surface area contributed by atoms with Gasteiger partial charge in [0.05, 0.1) is 12.7 Å². The van der Waals surface area contributed by atoms with Gasteiger partial charge >= 0.3 is 5.97 Å². The molecule has 0 aliphatic rings. The lowest BCUT2D eigenvalue weighted by Gasteiger charge is -2.10. The summed E-state index contributed by atoms with van der Waals surface area (Å²) in [4.78, 5) is 23.5. The van der Waals surface area contributed by atoms with Crippen LogP contribution in [0.15, 0.2) is 22.7 Å². The SMILES string of the molecule is COC(=O)c1cccc(Br)c1C(=O)C(C)C. The van der Waals surface area contributed by atoms with E-state index in [2.05, 4.69) is 20.7 Å². The van der Waals surface area contributed by atoms with E-state index in [4.69, 9.17) is 0 Å². The van der Waals surface area contributed by atoms with Gasteiger partial charge in [-0.25, -0.2) is 4.79 Å². The number of Topliss-reactive ketones (excluding diaryl/α,β-unsaturated/α-hetero) is 1. The topological polar surface area (TPSA) is 43.4 Å². The van der Waals surface area contributed by atoms with Crippen LogP contribution in [0.25, 0.3) is 0 Å². The van der Waals surface area contributed by atoms with Crippen molar-refractivity contribution < 1.29 is 14.3 Å². The summed E-state index contributed by atoms with van der Waals surface area (Å²) in [5.41, 5.74) is 0.694. The van der Waals surface area contributed by atoms with E-state index in [1.807, 2.05) is 0 Å². The number of carbonyl (C=O) groups is 2. The van der Waals surface area contributed by atoms with Crippen molar-refractivity contribution in [3.05, 3.63) is 33.8 Å². The highest BCUT2D eigenvalue weighted by molar-refractivity contribution is 9.10. The van der Waals surface area contributed by atoms with Gasteiger partial charge in [-0.1, -0.05) is 35.8 Å². The highest BCUT2D eigenvalue weighted by Crippen LogP contribution is 2.24. The third kappa shape index (κ3) is 2.50. The van der Waals surface area contributed by atoms with Crippen molar-refractivity contribution in [3.8, 4) is 0 Å². The van der Waals surface area contributed by atoms with Crippen LogP contribution in [0.5, 0.6) is 0 Å². The number of hydrogen-bond acceptors (Lipinski definition) is 3. The number of benzene rings is 1. The molecule has 0 aliphatic heterocycles. The third-order valence-electron chi connectivity index (χ3n) is 2.19. The van der Waals surface area contributed by atoms with Crippen LogP contribution in [0, 0.1) is 5.92 Å². The van der Waals surface area contributed by atoms with Gasteiger partial charge in [0.1, 0.15) is 0 Å². The van der Waals surface area contributed by atoms with Gasteiger partial charge in [0.25, 0.3) is 0 Å². The number of rotatable bonds is 3. The fourth-order valence-corrected chi connectivity index (χ4v) is 1.90. The van der Waals surface area contributed by atoms with Crippen molar-refractivity contribution in [2.75, 3.05) is 7.11 Å². The number of methoxy groups -OCH3 is 1. The molecular formula is C12H13BrO3. The van der Waals surface area contributed by atoms with Gasteiger partial charge < -0.3 is 4.74 Å². The largest absolute Gasteiger partial charge is 0.465 e. The number of carbonyl (C=O) groups excluding carboxylic acids is 2. The molecule has 0 unspecified atom stereocenters. The fourth-order valence-electron chi connectivity index (χ4n) is 1.34. The van der Waals surface area contributed by atoms with Crippen molar-refractivity contribution in [2.45, 2.75) is 13.8 Å². The van der Waals surface area contributed by atoms with Crippen LogP contribution >= 0.6 is 15.9 Å². The van der Waals surface area contributed by atoms with E-state index in [0.29, 0.717) is 15.6 Å². The minimum absolute atomic E-state index is 0.0760. The molecule has 0 bridgehead atoms. The van der Waals surface area contributed by atoms with Gasteiger partial charge in [0.15, 0.2) is 5.78 Å². The minimum atomic E-state index is -0.495. The van der Waals surface area contributed by atoms with Crippen LogP contribution in [-0.2, 0) is 4.74 Å². The maximum absolute atomic E-state index is 12.0. The van der Waals surface area contributed by atoms with Gasteiger partial charge in [-0.15, -0.1) is 0 Å². The van der Waals surface area contributed by atoms with Crippen LogP contribution in [0.3, 0.4) is 0 Å². The lowest BCUT2D eigenvalue weighted by atomic mass is 9.96. The summed E-state index contributed by atoms with van der Waals surface area (Å²) in [6, 6.07) is 5.03. The summed E-state index contributed by atoms with van der Waals surface area (Å²) in [7, 11) is 1.30. The van der Waals surface area contributed by atoms with Crippen molar-refractivity contribution >= 4 is 27.7 Å². The van der Waals surface area contributed by atoms with Gasteiger partial charge in [-0.3, -0.25) is 4.79 Å². The Labute approximate surface area is 103 Å². The molecule has 16 heavy (non-hydrogen) atoms.